The molecule has 5 rings (SSSR count). The lowest BCUT2D eigenvalue weighted by molar-refractivity contribution is -0.134. The van der Waals surface area contributed by atoms with Crippen LogP contribution in [-0.4, -0.2) is 46.4 Å². The average Bonchev–Trinajstić information content (AvgIpc) is 3.47. The molecule has 1 unspecified atom stereocenters. The second kappa shape index (κ2) is 9.68. The van der Waals surface area contributed by atoms with Crippen LogP contribution in [0, 0.1) is 12.8 Å². The zero-order chi connectivity index (χ0) is 23.5. The Morgan fingerprint density at radius 1 is 1.06 bits per heavy atom. The lowest BCUT2D eigenvalue weighted by atomic mass is 9.75. The Hall–Kier alpha value is -3.03. The summed E-state index contributed by atoms with van der Waals surface area (Å²) in [6.45, 7) is 5.20. The first-order valence-electron chi connectivity index (χ1n) is 11.9. The van der Waals surface area contributed by atoms with Gasteiger partial charge in [0.25, 0.3) is 5.91 Å². The summed E-state index contributed by atoms with van der Waals surface area (Å²) >= 11 is 1.65. The molecule has 0 saturated carbocycles. The number of carbonyl (C=O) groups excluding carboxylic acids is 2. The lowest BCUT2D eigenvalue weighted by Gasteiger charge is -2.40. The summed E-state index contributed by atoms with van der Waals surface area (Å²) in [6, 6.07) is 17.8. The number of urea groups is 1. The minimum Gasteiger partial charge on any atom is -0.318 e. The molecule has 2 fully saturated rings. The van der Waals surface area contributed by atoms with Crippen molar-refractivity contribution in [2.45, 2.75) is 38.3 Å². The van der Waals surface area contributed by atoms with E-state index in [1.165, 1.54) is 20.9 Å². The van der Waals surface area contributed by atoms with Gasteiger partial charge in [0.2, 0.25) is 0 Å². The SMILES string of the molecule is Cc1ccccc1CN1CCC(C2(c3ccccn3)NC(=O)N(CCc3cccs3)C2=O)CC1. The number of nitrogens with zero attached hydrogens (tertiary/aromatic N) is 3. The lowest BCUT2D eigenvalue weighted by Crippen LogP contribution is -2.54. The van der Waals surface area contributed by atoms with Crippen LogP contribution in [-0.2, 0) is 23.3 Å². The highest BCUT2D eigenvalue weighted by Crippen LogP contribution is 2.41. The second-order valence-electron chi connectivity index (χ2n) is 9.22. The number of hydrogen-bond acceptors (Lipinski definition) is 5. The average molecular weight is 475 g/mol. The third-order valence-electron chi connectivity index (χ3n) is 7.22. The van der Waals surface area contributed by atoms with Gasteiger partial charge in [-0.3, -0.25) is 19.6 Å². The quantitative estimate of drug-likeness (QED) is 0.517. The highest BCUT2D eigenvalue weighted by molar-refractivity contribution is 7.09. The molecule has 1 N–H and O–H groups in total. The number of nitrogens with one attached hydrogen (secondary N) is 1. The highest BCUT2D eigenvalue weighted by atomic mass is 32.1. The van der Waals surface area contributed by atoms with Gasteiger partial charge in [-0.25, -0.2) is 4.79 Å². The van der Waals surface area contributed by atoms with Gasteiger partial charge < -0.3 is 5.32 Å². The molecule has 0 spiro atoms. The van der Waals surface area contributed by atoms with Gasteiger partial charge in [0.15, 0.2) is 5.54 Å². The molecular weight excluding hydrogens is 444 g/mol. The Labute approximate surface area is 204 Å². The van der Waals surface area contributed by atoms with Crippen molar-refractivity contribution in [2.24, 2.45) is 5.92 Å². The zero-order valence-electron chi connectivity index (χ0n) is 19.4. The summed E-state index contributed by atoms with van der Waals surface area (Å²) < 4.78 is 0. The number of piperidine rings is 1. The van der Waals surface area contributed by atoms with E-state index in [9.17, 15) is 9.59 Å². The van der Waals surface area contributed by atoms with Crippen molar-refractivity contribution in [3.05, 3.63) is 87.9 Å². The first-order chi connectivity index (χ1) is 16.6. The van der Waals surface area contributed by atoms with Crippen molar-refractivity contribution in [1.29, 1.82) is 0 Å². The number of hydrogen-bond donors (Lipinski definition) is 1. The summed E-state index contributed by atoms with van der Waals surface area (Å²) in [4.78, 5) is 36.6. The number of carbonyl (C=O) groups is 2. The van der Waals surface area contributed by atoms with Crippen molar-refractivity contribution >= 4 is 23.3 Å². The van der Waals surface area contributed by atoms with E-state index in [1.807, 2.05) is 35.7 Å². The van der Waals surface area contributed by atoms with Crippen LogP contribution in [0.25, 0.3) is 0 Å². The van der Waals surface area contributed by atoms with Gasteiger partial charge >= 0.3 is 6.03 Å². The maximum Gasteiger partial charge on any atom is 0.325 e. The van der Waals surface area contributed by atoms with Gasteiger partial charge in [-0.05, 0) is 79.9 Å². The van der Waals surface area contributed by atoms with Gasteiger partial charge in [-0.15, -0.1) is 11.3 Å². The van der Waals surface area contributed by atoms with E-state index < -0.39 is 5.54 Å². The number of pyridine rings is 1. The van der Waals surface area contributed by atoms with E-state index in [0.717, 1.165) is 32.5 Å². The molecule has 7 heteroatoms. The predicted molar refractivity (Wildman–Crippen MR) is 133 cm³/mol. The Morgan fingerprint density at radius 3 is 2.56 bits per heavy atom. The van der Waals surface area contributed by atoms with Crippen LogP contribution in [0.15, 0.2) is 66.2 Å². The first kappa shape index (κ1) is 22.7. The number of likely N-dealkylation sites (tertiary alicyclic amines) is 1. The van der Waals surface area contributed by atoms with Crippen LogP contribution in [0.4, 0.5) is 4.79 Å². The molecule has 0 radical (unpaired) electrons. The number of rotatable bonds is 7. The fourth-order valence-corrected chi connectivity index (χ4v) is 5.98. The molecular formula is C27H30N4O2S. The van der Waals surface area contributed by atoms with Crippen molar-refractivity contribution in [3.63, 3.8) is 0 Å². The van der Waals surface area contributed by atoms with Crippen LogP contribution >= 0.6 is 11.3 Å². The Balaban J connectivity index is 1.35. The topological polar surface area (TPSA) is 65.5 Å². The minimum atomic E-state index is -1.09. The molecule has 2 aliphatic rings. The summed E-state index contributed by atoms with van der Waals surface area (Å²) in [5.74, 6) is -0.163. The fourth-order valence-electron chi connectivity index (χ4n) is 5.28. The maximum absolute atomic E-state index is 13.9. The molecule has 3 amide bonds. The molecule has 3 aromatic rings. The molecule has 0 aliphatic carbocycles. The number of aryl methyl sites for hydroxylation is 1. The van der Waals surface area contributed by atoms with Crippen LogP contribution < -0.4 is 5.32 Å². The largest absolute Gasteiger partial charge is 0.325 e. The molecule has 176 valence electrons. The van der Waals surface area contributed by atoms with Crippen LogP contribution in [0.5, 0.6) is 0 Å². The number of aromatic nitrogens is 1. The summed E-state index contributed by atoms with van der Waals surface area (Å²) in [5.41, 5.74) is 2.19. The zero-order valence-corrected chi connectivity index (χ0v) is 20.3. The number of thiophene rings is 1. The molecule has 1 aromatic carbocycles. The van der Waals surface area contributed by atoms with Crippen LogP contribution in [0.1, 0.15) is 34.5 Å². The summed E-state index contributed by atoms with van der Waals surface area (Å²) in [7, 11) is 0. The van der Waals surface area contributed by atoms with Gasteiger partial charge in [0.05, 0.1) is 5.69 Å². The third kappa shape index (κ3) is 4.26. The van der Waals surface area contributed by atoms with Crippen molar-refractivity contribution < 1.29 is 9.59 Å². The van der Waals surface area contributed by atoms with Crippen LogP contribution in [0.2, 0.25) is 0 Å². The third-order valence-corrected chi connectivity index (χ3v) is 8.15. The van der Waals surface area contributed by atoms with E-state index in [0.29, 0.717) is 18.7 Å². The normalized spacial score (nSPS) is 21.7. The smallest absolute Gasteiger partial charge is 0.318 e. The molecule has 2 aromatic heterocycles. The highest BCUT2D eigenvalue weighted by Gasteiger charge is 2.57. The van der Waals surface area contributed by atoms with Crippen molar-refractivity contribution in [2.75, 3.05) is 19.6 Å². The predicted octanol–water partition coefficient (Wildman–Crippen LogP) is 4.35. The molecule has 34 heavy (non-hydrogen) atoms. The van der Waals surface area contributed by atoms with E-state index >= 15 is 0 Å². The Morgan fingerprint density at radius 2 is 1.85 bits per heavy atom. The monoisotopic (exact) mass is 474 g/mol. The van der Waals surface area contributed by atoms with E-state index in [4.69, 9.17) is 0 Å². The summed E-state index contributed by atoms with van der Waals surface area (Å²) in [5, 5.41) is 5.13. The van der Waals surface area contributed by atoms with E-state index in [1.54, 1.807) is 17.5 Å². The van der Waals surface area contributed by atoms with E-state index in [2.05, 4.69) is 46.4 Å². The summed E-state index contributed by atoms with van der Waals surface area (Å²) in [6.07, 6.45) is 4.03. The molecule has 1 atom stereocenters. The molecule has 6 nitrogen and oxygen atoms in total. The van der Waals surface area contributed by atoms with Gasteiger partial charge in [-0.1, -0.05) is 36.4 Å². The number of benzene rings is 1. The number of imide groups is 1. The fraction of sp³-hybridized carbons (Fsp3) is 0.370. The molecule has 0 bridgehead atoms. The van der Waals surface area contributed by atoms with E-state index in [-0.39, 0.29) is 17.9 Å². The Bertz CT molecular complexity index is 1140. The second-order valence-corrected chi connectivity index (χ2v) is 10.2. The molecule has 2 aliphatic heterocycles. The first-order valence-corrected chi connectivity index (χ1v) is 12.8. The van der Waals surface area contributed by atoms with Crippen molar-refractivity contribution in [3.8, 4) is 0 Å². The van der Waals surface area contributed by atoms with Crippen molar-refractivity contribution in [1.82, 2.24) is 20.1 Å². The number of amides is 3. The molecule has 4 heterocycles. The molecule has 2 saturated heterocycles. The standard InChI is InChI=1S/C27H30N4O2S/c1-20-7-2-3-8-21(20)19-30-15-11-22(12-16-30)27(24-10-4-5-14-28-24)25(32)31(26(33)29-27)17-13-23-9-6-18-34-23/h2-10,14,18,22H,11-13,15-17,19H2,1H3,(H,29,33). The maximum atomic E-state index is 13.9. The van der Waals surface area contributed by atoms with Crippen LogP contribution in [0.3, 0.4) is 0 Å². The van der Waals surface area contributed by atoms with Gasteiger partial charge in [0.1, 0.15) is 0 Å². The Kier molecular flexibility index (Phi) is 6.48. The van der Waals surface area contributed by atoms with Gasteiger partial charge in [0, 0.05) is 24.2 Å². The van der Waals surface area contributed by atoms with Gasteiger partial charge in [-0.2, -0.15) is 0 Å². The minimum absolute atomic E-state index is 0.00120.